The summed E-state index contributed by atoms with van der Waals surface area (Å²) in [5.41, 5.74) is 2.26. The molecule has 0 spiro atoms. The molecule has 1 amide bonds. The van der Waals surface area contributed by atoms with Crippen molar-refractivity contribution in [2.45, 2.75) is 20.0 Å². The van der Waals surface area contributed by atoms with Crippen LogP contribution in [0.25, 0.3) is 0 Å². The van der Waals surface area contributed by atoms with Crippen LogP contribution in [0.2, 0.25) is 0 Å². The molecule has 0 aliphatic heterocycles. The van der Waals surface area contributed by atoms with Crippen molar-refractivity contribution < 1.29 is 14.6 Å². The van der Waals surface area contributed by atoms with Gasteiger partial charge in [-0.3, -0.25) is 4.79 Å². The Kier molecular flexibility index (Phi) is 5.65. The number of aryl methyl sites for hydroxylation is 1. The van der Waals surface area contributed by atoms with Gasteiger partial charge in [-0.05, 0) is 37.6 Å². The molecule has 2 N–H and O–H groups in total. The van der Waals surface area contributed by atoms with E-state index >= 15 is 0 Å². The average Bonchev–Trinajstić information content (AvgIpc) is 2.91. The summed E-state index contributed by atoms with van der Waals surface area (Å²) in [6.45, 7) is 2.79. The third-order valence-corrected chi connectivity index (χ3v) is 3.52. The van der Waals surface area contributed by atoms with Crippen molar-refractivity contribution >= 4 is 17.6 Å². The summed E-state index contributed by atoms with van der Waals surface area (Å²) >= 11 is 1.17. The summed E-state index contributed by atoms with van der Waals surface area (Å²) in [4.78, 5) is 11.8. The van der Waals surface area contributed by atoms with Crippen LogP contribution in [-0.4, -0.2) is 32.9 Å². The van der Waals surface area contributed by atoms with Gasteiger partial charge < -0.3 is 15.2 Å². The van der Waals surface area contributed by atoms with Gasteiger partial charge in [-0.25, -0.2) is 0 Å². The zero-order valence-corrected chi connectivity index (χ0v) is 12.5. The molecule has 0 bridgehead atoms. The standard InChI is InChI=1S/C14H17N3O3S/c1-10-13(17-21-16-10)9-20-12-5-3-11(4-6-12)14(19)15-7-2-8-18/h3-6,18H,2,7-9H2,1H3,(H,15,19). The molecule has 112 valence electrons. The molecule has 0 saturated heterocycles. The number of aromatic nitrogens is 2. The number of hydrogen-bond acceptors (Lipinski definition) is 6. The van der Waals surface area contributed by atoms with E-state index in [1.807, 2.05) is 6.92 Å². The molecule has 2 rings (SSSR count). The van der Waals surface area contributed by atoms with E-state index in [9.17, 15) is 4.79 Å². The number of ether oxygens (including phenoxy) is 1. The van der Waals surface area contributed by atoms with Crippen molar-refractivity contribution in [2.24, 2.45) is 0 Å². The minimum Gasteiger partial charge on any atom is -0.487 e. The van der Waals surface area contributed by atoms with Crippen molar-refractivity contribution in [3.63, 3.8) is 0 Å². The molecule has 0 atom stereocenters. The fraction of sp³-hybridized carbons (Fsp3) is 0.357. The first-order chi connectivity index (χ1) is 10.2. The lowest BCUT2D eigenvalue weighted by Crippen LogP contribution is -2.24. The predicted molar refractivity (Wildman–Crippen MR) is 79.5 cm³/mol. The smallest absolute Gasteiger partial charge is 0.251 e. The van der Waals surface area contributed by atoms with Gasteiger partial charge in [0.2, 0.25) is 0 Å². The van der Waals surface area contributed by atoms with E-state index in [2.05, 4.69) is 14.1 Å². The third-order valence-electron chi connectivity index (χ3n) is 2.86. The van der Waals surface area contributed by atoms with Crippen molar-refractivity contribution in [1.29, 1.82) is 0 Å². The van der Waals surface area contributed by atoms with Crippen LogP contribution in [0.5, 0.6) is 5.75 Å². The minimum atomic E-state index is -0.158. The molecule has 6 nitrogen and oxygen atoms in total. The van der Waals surface area contributed by atoms with Crippen LogP contribution < -0.4 is 10.1 Å². The van der Waals surface area contributed by atoms with E-state index in [0.29, 0.717) is 30.9 Å². The van der Waals surface area contributed by atoms with Gasteiger partial charge >= 0.3 is 0 Å². The van der Waals surface area contributed by atoms with Crippen molar-refractivity contribution in [3.05, 3.63) is 41.2 Å². The molecule has 0 aliphatic carbocycles. The Hall–Kier alpha value is -1.99. The summed E-state index contributed by atoms with van der Waals surface area (Å²) in [5.74, 6) is 0.517. The van der Waals surface area contributed by atoms with E-state index in [4.69, 9.17) is 9.84 Å². The Morgan fingerprint density at radius 3 is 2.71 bits per heavy atom. The highest BCUT2D eigenvalue weighted by atomic mass is 32.1. The van der Waals surface area contributed by atoms with Crippen LogP contribution in [0, 0.1) is 6.92 Å². The second-order valence-corrected chi connectivity index (χ2v) is 4.97. The zero-order chi connectivity index (χ0) is 15.1. The van der Waals surface area contributed by atoms with Crippen LogP contribution in [0.15, 0.2) is 24.3 Å². The Morgan fingerprint density at radius 2 is 2.10 bits per heavy atom. The van der Waals surface area contributed by atoms with Gasteiger partial charge in [0.15, 0.2) is 0 Å². The lowest BCUT2D eigenvalue weighted by Gasteiger charge is -2.07. The zero-order valence-electron chi connectivity index (χ0n) is 11.7. The maximum absolute atomic E-state index is 11.8. The topological polar surface area (TPSA) is 84.3 Å². The number of rotatable bonds is 7. The second kappa shape index (κ2) is 7.70. The largest absolute Gasteiger partial charge is 0.487 e. The van der Waals surface area contributed by atoms with Crippen molar-refractivity contribution in [2.75, 3.05) is 13.2 Å². The van der Waals surface area contributed by atoms with Gasteiger partial charge in [0, 0.05) is 18.7 Å². The van der Waals surface area contributed by atoms with E-state index in [0.717, 1.165) is 11.4 Å². The van der Waals surface area contributed by atoms with Gasteiger partial charge in [-0.1, -0.05) is 0 Å². The quantitative estimate of drug-likeness (QED) is 0.758. The van der Waals surface area contributed by atoms with Gasteiger partial charge in [-0.2, -0.15) is 8.75 Å². The SMILES string of the molecule is Cc1nsnc1COc1ccc(C(=O)NCCCO)cc1. The maximum Gasteiger partial charge on any atom is 0.251 e. The number of aliphatic hydroxyl groups is 1. The molecule has 1 aromatic heterocycles. The Bertz CT molecular complexity index is 583. The normalized spacial score (nSPS) is 10.4. The van der Waals surface area contributed by atoms with Gasteiger partial charge in [0.05, 0.1) is 17.4 Å². The Balaban J connectivity index is 1.87. The molecule has 0 unspecified atom stereocenters. The fourth-order valence-electron chi connectivity index (χ4n) is 1.62. The van der Waals surface area contributed by atoms with Gasteiger partial charge in [0.1, 0.15) is 18.1 Å². The lowest BCUT2D eigenvalue weighted by atomic mass is 10.2. The van der Waals surface area contributed by atoms with Gasteiger partial charge in [0.25, 0.3) is 5.91 Å². The highest BCUT2D eigenvalue weighted by Crippen LogP contribution is 2.15. The number of carbonyl (C=O) groups is 1. The number of carbonyl (C=O) groups excluding carboxylic acids is 1. The van der Waals surface area contributed by atoms with E-state index < -0.39 is 0 Å². The van der Waals surface area contributed by atoms with E-state index in [1.54, 1.807) is 24.3 Å². The summed E-state index contributed by atoms with van der Waals surface area (Å²) in [5, 5.41) is 11.4. The highest BCUT2D eigenvalue weighted by molar-refractivity contribution is 6.99. The van der Waals surface area contributed by atoms with E-state index in [1.165, 1.54) is 11.7 Å². The van der Waals surface area contributed by atoms with Crippen LogP contribution in [0.4, 0.5) is 0 Å². The van der Waals surface area contributed by atoms with Crippen LogP contribution >= 0.6 is 11.7 Å². The Morgan fingerprint density at radius 1 is 1.33 bits per heavy atom. The number of aliphatic hydroxyl groups excluding tert-OH is 1. The molecule has 0 saturated carbocycles. The van der Waals surface area contributed by atoms with Crippen LogP contribution in [-0.2, 0) is 6.61 Å². The van der Waals surface area contributed by atoms with E-state index in [-0.39, 0.29) is 12.5 Å². The number of nitrogens with one attached hydrogen (secondary N) is 1. The molecular weight excluding hydrogens is 290 g/mol. The predicted octanol–water partition coefficient (Wildman–Crippen LogP) is 1.54. The van der Waals surface area contributed by atoms with Crippen molar-refractivity contribution in [1.82, 2.24) is 14.1 Å². The number of nitrogens with zero attached hydrogens (tertiary/aromatic N) is 2. The number of amides is 1. The molecule has 1 heterocycles. The molecule has 0 aliphatic rings. The molecular formula is C14H17N3O3S. The number of benzene rings is 1. The summed E-state index contributed by atoms with van der Waals surface area (Å²) in [7, 11) is 0. The fourth-order valence-corrected chi connectivity index (χ4v) is 2.17. The van der Waals surface area contributed by atoms with Crippen LogP contribution in [0.1, 0.15) is 28.2 Å². The molecule has 2 aromatic rings. The summed E-state index contributed by atoms with van der Waals surface area (Å²) in [6.07, 6.45) is 0.550. The molecule has 21 heavy (non-hydrogen) atoms. The average molecular weight is 307 g/mol. The first-order valence-corrected chi connectivity index (χ1v) is 7.33. The summed E-state index contributed by atoms with van der Waals surface area (Å²) < 4.78 is 13.8. The monoisotopic (exact) mass is 307 g/mol. The van der Waals surface area contributed by atoms with Crippen LogP contribution in [0.3, 0.4) is 0 Å². The lowest BCUT2D eigenvalue weighted by molar-refractivity contribution is 0.0951. The molecule has 0 radical (unpaired) electrons. The first-order valence-electron chi connectivity index (χ1n) is 6.60. The number of hydrogen-bond donors (Lipinski definition) is 2. The third kappa shape index (κ3) is 4.51. The second-order valence-electron chi connectivity index (χ2n) is 4.44. The van der Waals surface area contributed by atoms with Crippen molar-refractivity contribution in [3.8, 4) is 5.75 Å². The van der Waals surface area contributed by atoms with Gasteiger partial charge in [-0.15, -0.1) is 0 Å². The minimum absolute atomic E-state index is 0.0674. The molecule has 0 fully saturated rings. The molecule has 7 heteroatoms. The highest BCUT2D eigenvalue weighted by Gasteiger charge is 2.06. The molecule has 1 aromatic carbocycles. The first kappa shape index (κ1) is 15.4. The Labute approximate surface area is 127 Å². The summed E-state index contributed by atoms with van der Waals surface area (Å²) in [6, 6.07) is 6.90. The maximum atomic E-state index is 11.8.